The fourth-order valence-corrected chi connectivity index (χ4v) is 11.8. The van der Waals surface area contributed by atoms with Gasteiger partial charge in [0, 0.05) is 26.3 Å². The lowest BCUT2D eigenvalue weighted by Crippen LogP contribution is -2.64. The van der Waals surface area contributed by atoms with Crippen LogP contribution in [-0.2, 0) is 87.6 Å². The number of nitrogens with zero attached hydrogens (tertiary/aromatic N) is 1. The van der Waals surface area contributed by atoms with E-state index in [1.54, 1.807) is 0 Å². The van der Waals surface area contributed by atoms with Crippen molar-refractivity contribution >= 4 is 70.9 Å². The number of nitrogens with two attached hydrogens (primary N) is 2. The van der Waals surface area contributed by atoms with Gasteiger partial charge in [-0.15, -0.1) is 0 Å². The summed E-state index contributed by atoms with van der Waals surface area (Å²) in [4.78, 5) is 171. The standard InChI is InChI=1S/C68H109N11O28/c1-9-11-12-13-14-15-16-17-18-19-42(106-68-56(92)54(90)51(87)35(7)105-68)53(89)65(101)77-48(32(4)82)62(98)78-49-33(5)103-66(102)40(25-27-45(70)85)74-64(100)50(34(6)104-67-57(93)55(91)52(88)43(30-80)107-67)79(8)46(86)29-71-58(94)39(24-26-44(69)84)73-59(95)38(10-2)72-60(96)41(28-36-20-22-37(83)23-21-36)75-61(97)47(31(3)81)76-63(49)99/h10,20-23,31-35,39-43,47-57,67-68,80-83,87-93H,9,11-19,24-30H2,1-8H3,(H2,69,84)(H2,70,85)(H,71,94)(H,72,96)(H,73,95)(H,74,100)(H,75,97)(H,76,99)(H,77,101)(H,78,98)/b38-10-/t31?,32?,33?,34?,35-,39?,40?,41?,42?,43?,47?,48?,49?,50?,51?,52?,53?,54?,55-,56?,57-,67-,68-/m1/s1. The summed E-state index contributed by atoms with van der Waals surface area (Å²) in [5, 5.41) is 137. The Morgan fingerprint density at radius 2 is 1.22 bits per heavy atom. The molecule has 11 amide bonds. The highest BCUT2D eigenvalue weighted by atomic mass is 16.7. The molecular weight excluding hydrogens is 1420 g/mol. The van der Waals surface area contributed by atoms with Gasteiger partial charge in [-0.2, -0.15) is 0 Å². The Morgan fingerprint density at radius 1 is 0.664 bits per heavy atom. The third kappa shape index (κ3) is 27.8. The van der Waals surface area contributed by atoms with Gasteiger partial charge in [-0.3, -0.25) is 52.7 Å². The number of carbonyl (C=O) groups is 12. The van der Waals surface area contributed by atoms with Gasteiger partial charge >= 0.3 is 5.97 Å². The largest absolute Gasteiger partial charge is 0.508 e. The van der Waals surface area contributed by atoms with Crippen molar-refractivity contribution in [1.82, 2.24) is 47.4 Å². The highest BCUT2D eigenvalue weighted by Gasteiger charge is 2.49. The second kappa shape index (κ2) is 44.3. The summed E-state index contributed by atoms with van der Waals surface area (Å²) in [5.41, 5.74) is 10.5. The summed E-state index contributed by atoms with van der Waals surface area (Å²) in [6.07, 6.45) is -24.1. The monoisotopic (exact) mass is 1530 g/mol. The molecule has 107 heavy (non-hydrogen) atoms. The molecule has 0 aromatic heterocycles. The molecule has 23 N–H and O–H groups in total. The number of esters is 1. The number of cyclic esters (lactones) is 1. The maximum Gasteiger partial charge on any atom is 0.329 e. The number of unbranched alkanes of at least 4 members (excludes halogenated alkanes) is 8. The van der Waals surface area contributed by atoms with Crippen molar-refractivity contribution in [2.75, 3.05) is 20.2 Å². The van der Waals surface area contributed by atoms with Crippen LogP contribution in [0.3, 0.4) is 0 Å². The van der Waals surface area contributed by atoms with Crippen LogP contribution in [0.15, 0.2) is 36.0 Å². The molecule has 3 aliphatic rings. The SMILES string of the molecule is C/C=C1\NC(=O)C(Cc2ccc(O)cc2)NC(=O)C(C(C)O)NC(=O)C(NC(=O)C(NC(=O)C(O)C(CCCCCCCCCCC)O[C@H]2O[C@H](C)C(O)C(O)C2O)C(C)O)C(C)OC(=O)C(CCC(N)=O)NC(=O)C(C(C)O[C@@H]2OC(CO)C(O)[C@@H](O)[C@H]2O)N(C)C(=O)CNC(=O)C(CCC(N)=O)NC1=O. The fraction of sp³-hybridized carbons (Fsp3) is 0.706. The summed E-state index contributed by atoms with van der Waals surface area (Å²) in [7, 11) is 0.969. The Morgan fingerprint density at radius 3 is 1.79 bits per heavy atom. The van der Waals surface area contributed by atoms with E-state index in [0.29, 0.717) is 17.7 Å². The van der Waals surface area contributed by atoms with Gasteiger partial charge in [0.15, 0.2) is 18.7 Å². The molecule has 4 rings (SSSR count). The molecule has 18 unspecified atom stereocenters. The third-order valence-electron chi connectivity index (χ3n) is 18.3. The molecule has 3 heterocycles. The van der Waals surface area contributed by atoms with Gasteiger partial charge in [0.05, 0.1) is 43.7 Å². The van der Waals surface area contributed by atoms with Crippen molar-refractivity contribution in [2.24, 2.45) is 11.5 Å². The molecule has 39 heteroatoms. The van der Waals surface area contributed by atoms with Crippen LogP contribution in [0.5, 0.6) is 5.75 Å². The van der Waals surface area contributed by atoms with Crippen LogP contribution in [0, 0.1) is 0 Å². The molecule has 3 aliphatic heterocycles. The average Bonchev–Trinajstić information content (AvgIpc) is 0.872. The number of ether oxygens (including phenoxy) is 5. The van der Waals surface area contributed by atoms with Gasteiger partial charge in [-0.1, -0.05) is 82.9 Å². The van der Waals surface area contributed by atoms with Gasteiger partial charge in [-0.05, 0) is 78.5 Å². The molecule has 0 spiro atoms. The highest BCUT2D eigenvalue weighted by Crippen LogP contribution is 2.28. The van der Waals surface area contributed by atoms with Crippen LogP contribution < -0.4 is 54.0 Å². The number of aromatic hydroxyl groups is 1. The minimum atomic E-state index is -2.38. The zero-order valence-electron chi connectivity index (χ0n) is 61.1. The summed E-state index contributed by atoms with van der Waals surface area (Å²) < 4.78 is 28.7. The number of hydrogen-bond acceptors (Lipinski definition) is 28. The molecule has 3 fully saturated rings. The number of carbonyl (C=O) groups excluding carboxylic acids is 12. The van der Waals surface area contributed by atoms with Gasteiger partial charge in [0.1, 0.15) is 103 Å². The number of phenolic OH excluding ortho intramolecular Hbond substituents is 1. The van der Waals surface area contributed by atoms with E-state index < -0.39 is 262 Å². The first-order chi connectivity index (χ1) is 50.4. The molecule has 604 valence electrons. The van der Waals surface area contributed by atoms with E-state index in [-0.39, 0.29) is 17.7 Å². The number of aliphatic hydroxyl groups excluding tert-OH is 10. The maximum absolute atomic E-state index is 15.1. The zero-order chi connectivity index (χ0) is 80.3. The molecule has 0 aliphatic carbocycles. The Hall–Kier alpha value is -8.16. The lowest BCUT2D eigenvalue weighted by molar-refractivity contribution is -0.312. The van der Waals surface area contributed by atoms with Gasteiger partial charge in [-0.25, -0.2) is 4.79 Å². The van der Waals surface area contributed by atoms with Crippen molar-refractivity contribution in [2.45, 2.75) is 285 Å². The van der Waals surface area contributed by atoms with Crippen LogP contribution >= 0.6 is 0 Å². The number of primary amides is 2. The molecular formula is C68H109N11O28. The summed E-state index contributed by atoms with van der Waals surface area (Å²) >= 11 is 0. The average molecular weight is 1530 g/mol. The van der Waals surface area contributed by atoms with E-state index in [1.165, 1.54) is 38.1 Å². The van der Waals surface area contributed by atoms with E-state index >= 15 is 4.79 Å². The van der Waals surface area contributed by atoms with E-state index in [0.717, 1.165) is 85.8 Å². The van der Waals surface area contributed by atoms with Crippen LogP contribution in [-0.4, -0.2) is 293 Å². The first-order valence-electron chi connectivity index (χ1n) is 35.6. The third-order valence-corrected chi connectivity index (χ3v) is 18.3. The van der Waals surface area contributed by atoms with E-state index in [9.17, 15) is 109 Å². The Bertz CT molecular complexity index is 3170. The molecule has 0 saturated carbocycles. The van der Waals surface area contributed by atoms with Gasteiger partial charge in [0.25, 0.3) is 11.8 Å². The number of phenols is 1. The topological polar surface area (TPSA) is 625 Å². The van der Waals surface area contributed by atoms with Crippen LogP contribution in [0.2, 0.25) is 0 Å². The van der Waals surface area contributed by atoms with E-state index in [2.05, 4.69) is 49.5 Å². The fourth-order valence-electron chi connectivity index (χ4n) is 11.8. The number of hydrogen-bond donors (Lipinski definition) is 21. The molecule has 0 radical (unpaired) electrons. The van der Waals surface area contributed by atoms with Crippen molar-refractivity contribution in [3.8, 4) is 5.75 Å². The van der Waals surface area contributed by atoms with Crippen LogP contribution in [0.25, 0.3) is 0 Å². The number of nitrogens with one attached hydrogen (secondary N) is 8. The Labute approximate surface area is 617 Å². The number of benzene rings is 1. The minimum absolute atomic E-state index is 0.110. The summed E-state index contributed by atoms with van der Waals surface area (Å²) in [6, 6.07) is -9.40. The predicted octanol–water partition coefficient (Wildman–Crippen LogP) is -7.26. The van der Waals surface area contributed by atoms with E-state index in [4.69, 9.17) is 35.2 Å². The number of rotatable bonds is 31. The van der Waals surface area contributed by atoms with Gasteiger partial charge in [0.2, 0.25) is 53.2 Å². The van der Waals surface area contributed by atoms with Crippen LogP contribution in [0.1, 0.15) is 144 Å². The lowest BCUT2D eigenvalue weighted by atomic mass is 9.99. The molecule has 39 nitrogen and oxygen atoms in total. The second-order valence-electron chi connectivity index (χ2n) is 26.9. The predicted molar refractivity (Wildman–Crippen MR) is 370 cm³/mol. The zero-order valence-corrected chi connectivity index (χ0v) is 61.1. The van der Waals surface area contributed by atoms with Crippen molar-refractivity contribution < 1.29 is 137 Å². The molecule has 0 bridgehead atoms. The molecule has 3 saturated heterocycles. The maximum atomic E-state index is 15.1. The van der Waals surface area contributed by atoms with Crippen molar-refractivity contribution in [1.29, 1.82) is 0 Å². The molecule has 1 aromatic carbocycles. The Kier molecular flexibility index (Phi) is 37.8. The summed E-state index contributed by atoms with van der Waals surface area (Å²) in [6.45, 7) is 6.73. The number of aliphatic hydroxyl groups is 10. The summed E-state index contributed by atoms with van der Waals surface area (Å²) in [5.74, 6) is -15.9. The normalized spacial score (nSPS) is 30.0. The Balaban J connectivity index is 1.89. The van der Waals surface area contributed by atoms with E-state index in [1.807, 2.05) is 0 Å². The van der Waals surface area contributed by atoms with Crippen LogP contribution in [0.4, 0.5) is 0 Å². The van der Waals surface area contributed by atoms with Crippen molar-refractivity contribution in [3.63, 3.8) is 0 Å². The molecule has 1 aromatic rings. The van der Waals surface area contributed by atoms with Crippen molar-refractivity contribution in [3.05, 3.63) is 41.6 Å². The number of likely N-dealkylation sites (N-methyl/N-ethyl adjacent to an activating group) is 1. The first kappa shape index (κ1) is 91.2. The minimum Gasteiger partial charge on any atom is -0.508 e. The quantitative estimate of drug-likeness (QED) is 0.0187. The lowest BCUT2D eigenvalue weighted by Gasteiger charge is -2.42. The highest BCUT2D eigenvalue weighted by molar-refractivity contribution is 6.02. The number of amides is 11. The number of allylic oxidation sites excluding steroid dienone is 1. The second-order valence-corrected chi connectivity index (χ2v) is 26.9. The smallest absolute Gasteiger partial charge is 0.329 e. The first-order valence-corrected chi connectivity index (χ1v) is 35.6. The molecule has 23 atom stereocenters. The van der Waals surface area contributed by atoms with Gasteiger partial charge < -0.3 is 139 Å².